The molecule has 0 aliphatic carbocycles. The van der Waals surface area contributed by atoms with Crippen LogP contribution < -0.4 is 10.6 Å². The molecule has 6 heteroatoms. The molecule has 0 aliphatic heterocycles. The molecule has 1 unspecified atom stereocenters. The summed E-state index contributed by atoms with van der Waals surface area (Å²) in [6, 6.07) is 0. The highest BCUT2D eigenvalue weighted by Crippen LogP contribution is 2.16. The Morgan fingerprint density at radius 1 is 1.38 bits per heavy atom. The molecule has 1 heterocycles. The molecule has 6 nitrogen and oxygen atoms in total. The summed E-state index contributed by atoms with van der Waals surface area (Å²) in [5, 5.41) is 6.03. The quantitative estimate of drug-likeness (QED) is 0.768. The normalized spacial score (nSPS) is 12.3. The fraction of sp³-hybridized carbons (Fsp3) is 0.667. The number of aromatic nitrogens is 2. The zero-order chi connectivity index (χ0) is 15.8. The van der Waals surface area contributed by atoms with Crippen molar-refractivity contribution in [1.29, 1.82) is 0 Å². The van der Waals surface area contributed by atoms with Crippen LogP contribution in [0.3, 0.4) is 0 Å². The Bertz CT molecular complexity index is 463. The van der Waals surface area contributed by atoms with Gasteiger partial charge in [0.25, 0.3) is 5.91 Å². The lowest BCUT2D eigenvalue weighted by atomic mass is 10.2. The first kappa shape index (κ1) is 17.4. The van der Waals surface area contributed by atoms with Gasteiger partial charge in [-0.2, -0.15) is 0 Å². The van der Waals surface area contributed by atoms with Gasteiger partial charge in [-0.25, -0.2) is 9.97 Å². The van der Waals surface area contributed by atoms with Gasteiger partial charge in [-0.05, 0) is 13.3 Å². The summed E-state index contributed by atoms with van der Waals surface area (Å²) < 4.78 is 5.13. The minimum Gasteiger partial charge on any atom is -0.382 e. The highest BCUT2D eigenvalue weighted by molar-refractivity contribution is 5.97. The van der Waals surface area contributed by atoms with Gasteiger partial charge in [0.15, 0.2) is 5.69 Å². The smallest absolute Gasteiger partial charge is 0.272 e. The standard InChI is InChI=1S/C15H26N4O2/c1-6-7-16-12-9-17-14(10(2)3)19-13(12)15(20)18-8-11(4)21-5/h9-11,16H,6-8H2,1-5H3,(H,18,20). The van der Waals surface area contributed by atoms with E-state index in [0.717, 1.165) is 13.0 Å². The molecule has 0 spiro atoms. The number of rotatable bonds is 8. The van der Waals surface area contributed by atoms with Crippen LogP contribution in [-0.2, 0) is 4.74 Å². The van der Waals surface area contributed by atoms with E-state index in [1.54, 1.807) is 13.3 Å². The van der Waals surface area contributed by atoms with Gasteiger partial charge >= 0.3 is 0 Å². The molecule has 1 aromatic heterocycles. The second kappa shape index (κ2) is 8.56. The van der Waals surface area contributed by atoms with Crippen molar-refractivity contribution in [3.8, 4) is 0 Å². The molecule has 2 N–H and O–H groups in total. The SMILES string of the molecule is CCCNc1cnc(C(C)C)nc1C(=O)NCC(C)OC. The third kappa shape index (κ3) is 5.30. The summed E-state index contributed by atoms with van der Waals surface area (Å²) in [6.07, 6.45) is 2.62. The van der Waals surface area contributed by atoms with Gasteiger partial charge in [-0.1, -0.05) is 20.8 Å². The number of carbonyl (C=O) groups is 1. The minimum absolute atomic E-state index is 0.0348. The van der Waals surface area contributed by atoms with Crippen LogP contribution in [0.15, 0.2) is 6.20 Å². The zero-order valence-corrected chi connectivity index (χ0v) is 13.6. The van der Waals surface area contributed by atoms with Gasteiger partial charge < -0.3 is 15.4 Å². The van der Waals surface area contributed by atoms with Crippen LogP contribution in [0.5, 0.6) is 0 Å². The maximum absolute atomic E-state index is 12.3. The van der Waals surface area contributed by atoms with E-state index < -0.39 is 0 Å². The Hall–Kier alpha value is -1.69. The average Bonchev–Trinajstić information content (AvgIpc) is 2.49. The number of methoxy groups -OCH3 is 1. The van der Waals surface area contributed by atoms with Crippen molar-refractivity contribution in [2.75, 3.05) is 25.5 Å². The Kier molecular flexibility index (Phi) is 7.08. The molecule has 0 aromatic carbocycles. The number of hydrogen-bond donors (Lipinski definition) is 2. The van der Waals surface area contributed by atoms with Crippen molar-refractivity contribution >= 4 is 11.6 Å². The maximum atomic E-state index is 12.3. The molecule has 0 fully saturated rings. The molecule has 1 atom stereocenters. The van der Waals surface area contributed by atoms with Crippen molar-refractivity contribution in [3.05, 3.63) is 17.7 Å². The number of amides is 1. The van der Waals surface area contributed by atoms with E-state index in [9.17, 15) is 4.79 Å². The van der Waals surface area contributed by atoms with E-state index in [1.165, 1.54) is 0 Å². The largest absolute Gasteiger partial charge is 0.382 e. The van der Waals surface area contributed by atoms with Gasteiger partial charge in [-0.15, -0.1) is 0 Å². The molecule has 1 amide bonds. The first-order chi connectivity index (χ1) is 9.99. The molecule has 0 bridgehead atoms. The van der Waals surface area contributed by atoms with Crippen molar-refractivity contribution in [2.45, 2.75) is 46.1 Å². The number of anilines is 1. The predicted molar refractivity (Wildman–Crippen MR) is 83.7 cm³/mol. The lowest BCUT2D eigenvalue weighted by molar-refractivity contribution is 0.0866. The molecule has 0 aliphatic rings. The molecule has 0 radical (unpaired) electrons. The third-order valence-electron chi connectivity index (χ3n) is 3.06. The van der Waals surface area contributed by atoms with Crippen LogP contribution in [0.2, 0.25) is 0 Å². The van der Waals surface area contributed by atoms with E-state index >= 15 is 0 Å². The van der Waals surface area contributed by atoms with E-state index in [1.807, 2.05) is 20.8 Å². The van der Waals surface area contributed by atoms with Gasteiger partial charge in [0.1, 0.15) is 5.82 Å². The van der Waals surface area contributed by atoms with E-state index in [-0.39, 0.29) is 17.9 Å². The van der Waals surface area contributed by atoms with Crippen LogP contribution >= 0.6 is 0 Å². The Morgan fingerprint density at radius 3 is 2.67 bits per heavy atom. The second-order valence-corrected chi connectivity index (χ2v) is 5.33. The summed E-state index contributed by atoms with van der Waals surface area (Å²) in [7, 11) is 1.62. The van der Waals surface area contributed by atoms with Gasteiger partial charge in [-0.3, -0.25) is 4.79 Å². The third-order valence-corrected chi connectivity index (χ3v) is 3.06. The summed E-state index contributed by atoms with van der Waals surface area (Å²) in [5.74, 6) is 0.637. The van der Waals surface area contributed by atoms with Crippen LogP contribution in [0.1, 0.15) is 56.3 Å². The first-order valence-corrected chi connectivity index (χ1v) is 7.41. The molecule has 1 aromatic rings. The van der Waals surface area contributed by atoms with Gasteiger partial charge in [0.05, 0.1) is 18.0 Å². The first-order valence-electron chi connectivity index (χ1n) is 7.41. The Labute approximate surface area is 126 Å². The minimum atomic E-state index is -0.207. The number of carbonyl (C=O) groups excluding carboxylic acids is 1. The van der Waals surface area contributed by atoms with E-state index in [2.05, 4.69) is 27.5 Å². The molecule has 1 rings (SSSR count). The van der Waals surface area contributed by atoms with Crippen LogP contribution in [0.4, 0.5) is 5.69 Å². The van der Waals surface area contributed by atoms with Crippen molar-refractivity contribution in [3.63, 3.8) is 0 Å². The van der Waals surface area contributed by atoms with Crippen molar-refractivity contribution in [1.82, 2.24) is 15.3 Å². The van der Waals surface area contributed by atoms with Crippen LogP contribution in [0, 0.1) is 0 Å². The van der Waals surface area contributed by atoms with E-state index in [4.69, 9.17) is 4.74 Å². The van der Waals surface area contributed by atoms with Gasteiger partial charge in [0, 0.05) is 26.1 Å². The predicted octanol–water partition coefficient (Wildman–Crippen LogP) is 2.19. The van der Waals surface area contributed by atoms with Crippen LogP contribution in [0.25, 0.3) is 0 Å². The highest BCUT2D eigenvalue weighted by atomic mass is 16.5. The summed E-state index contributed by atoms with van der Waals surface area (Å²) in [4.78, 5) is 21.0. The monoisotopic (exact) mass is 294 g/mol. The summed E-state index contributed by atoms with van der Waals surface area (Å²) >= 11 is 0. The fourth-order valence-corrected chi connectivity index (χ4v) is 1.64. The van der Waals surface area contributed by atoms with Crippen molar-refractivity contribution < 1.29 is 9.53 Å². The molecule has 21 heavy (non-hydrogen) atoms. The second-order valence-electron chi connectivity index (χ2n) is 5.33. The number of ether oxygens (including phenoxy) is 1. The average molecular weight is 294 g/mol. The van der Waals surface area contributed by atoms with Crippen molar-refractivity contribution in [2.24, 2.45) is 0 Å². The van der Waals surface area contributed by atoms with Gasteiger partial charge in [0.2, 0.25) is 0 Å². The fourth-order valence-electron chi connectivity index (χ4n) is 1.64. The highest BCUT2D eigenvalue weighted by Gasteiger charge is 2.16. The number of nitrogens with one attached hydrogen (secondary N) is 2. The maximum Gasteiger partial charge on any atom is 0.272 e. The molecule has 0 saturated heterocycles. The number of hydrogen-bond acceptors (Lipinski definition) is 5. The molecular formula is C15H26N4O2. The van der Waals surface area contributed by atoms with Crippen LogP contribution in [-0.4, -0.2) is 42.2 Å². The summed E-state index contributed by atoms with van der Waals surface area (Å²) in [6.45, 7) is 9.20. The lowest BCUT2D eigenvalue weighted by Gasteiger charge is -2.14. The molecule has 0 saturated carbocycles. The Balaban J connectivity index is 2.93. The number of nitrogens with zero attached hydrogens (tertiary/aromatic N) is 2. The molecular weight excluding hydrogens is 268 g/mol. The zero-order valence-electron chi connectivity index (χ0n) is 13.6. The molecule has 118 valence electrons. The lowest BCUT2D eigenvalue weighted by Crippen LogP contribution is -2.33. The van der Waals surface area contributed by atoms with E-state index in [0.29, 0.717) is 23.8 Å². The summed E-state index contributed by atoms with van der Waals surface area (Å²) in [5.41, 5.74) is 1.06. The Morgan fingerprint density at radius 2 is 2.10 bits per heavy atom. The topological polar surface area (TPSA) is 76.1 Å².